The van der Waals surface area contributed by atoms with Gasteiger partial charge < -0.3 is 20.1 Å². The van der Waals surface area contributed by atoms with Crippen molar-refractivity contribution in [2.24, 2.45) is 0 Å². The number of rotatable bonds is 9. The molecule has 0 unspecified atom stereocenters. The topological polar surface area (TPSA) is 89.5 Å². The van der Waals surface area contributed by atoms with E-state index >= 15 is 0 Å². The monoisotopic (exact) mass is 371 g/mol. The van der Waals surface area contributed by atoms with Crippen molar-refractivity contribution in [3.05, 3.63) is 53.9 Å². The number of pyridine rings is 1. The summed E-state index contributed by atoms with van der Waals surface area (Å²) in [5, 5.41) is 5.57. The van der Waals surface area contributed by atoms with E-state index in [0.717, 1.165) is 0 Å². The second-order valence-corrected chi connectivity index (χ2v) is 6.15. The zero-order valence-electron chi connectivity index (χ0n) is 15.8. The van der Waals surface area contributed by atoms with Crippen LogP contribution in [0.5, 0.6) is 5.75 Å². The number of ether oxygens (including phenoxy) is 2. The van der Waals surface area contributed by atoms with Crippen LogP contribution in [0.1, 0.15) is 41.1 Å². The highest BCUT2D eigenvalue weighted by atomic mass is 16.5. The second-order valence-electron chi connectivity index (χ2n) is 6.15. The molecule has 0 aliphatic rings. The summed E-state index contributed by atoms with van der Waals surface area (Å²) in [5.74, 6) is -0.0825. The van der Waals surface area contributed by atoms with Gasteiger partial charge in [0.1, 0.15) is 11.4 Å². The van der Waals surface area contributed by atoms with E-state index in [1.807, 2.05) is 26.0 Å². The van der Waals surface area contributed by atoms with Crippen LogP contribution in [0.25, 0.3) is 0 Å². The van der Waals surface area contributed by atoms with Gasteiger partial charge in [-0.3, -0.25) is 14.6 Å². The third-order valence-electron chi connectivity index (χ3n) is 3.56. The van der Waals surface area contributed by atoms with Crippen molar-refractivity contribution >= 4 is 17.5 Å². The summed E-state index contributed by atoms with van der Waals surface area (Å²) < 4.78 is 10.6. The molecule has 2 aromatic rings. The molecule has 144 valence electrons. The van der Waals surface area contributed by atoms with Gasteiger partial charge in [-0.05, 0) is 44.5 Å². The lowest BCUT2D eigenvalue weighted by molar-refractivity contribution is 0.0943. The van der Waals surface area contributed by atoms with Crippen molar-refractivity contribution < 1.29 is 19.1 Å². The summed E-state index contributed by atoms with van der Waals surface area (Å²) in [7, 11) is 1.61. The van der Waals surface area contributed by atoms with Crippen LogP contribution in [0.15, 0.2) is 42.6 Å². The third-order valence-corrected chi connectivity index (χ3v) is 3.56. The minimum atomic E-state index is -0.342. The summed E-state index contributed by atoms with van der Waals surface area (Å²) in [6, 6.07) is 10.2. The number of carbonyl (C=O) groups is 2. The van der Waals surface area contributed by atoms with Crippen LogP contribution in [0.2, 0.25) is 0 Å². The fraction of sp³-hybridized carbons (Fsp3) is 0.350. The van der Waals surface area contributed by atoms with Gasteiger partial charge in [0.2, 0.25) is 0 Å². The van der Waals surface area contributed by atoms with E-state index in [2.05, 4.69) is 15.6 Å². The predicted octanol–water partition coefficient (Wildman–Crippen LogP) is 2.89. The van der Waals surface area contributed by atoms with E-state index < -0.39 is 0 Å². The van der Waals surface area contributed by atoms with Crippen LogP contribution in [0, 0.1) is 0 Å². The Kier molecular flexibility index (Phi) is 7.76. The molecule has 7 heteroatoms. The molecule has 2 rings (SSSR count). The molecule has 0 atom stereocenters. The Morgan fingerprint density at radius 1 is 1.15 bits per heavy atom. The molecular formula is C20H25N3O4. The number of methoxy groups -OCH3 is 1. The van der Waals surface area contributed by atoms with Crippen LogP contribution in [0.4, 0.5) is 5.69 Å². The normalized spacial score (nSPS) is 10.5. The van der Waals surface area contributed by atoms with Crippen molar-refractivity contribution in [3.63, 3.8) is 0 Å². The quantitative estimate of drug-likeness (QED) is 0.662. The van der Waals surface area contributed by atoms with Crippen molar-refractivity contribution in [2.75, 3.05) is 25.6 Å². The summed E-state index contributed by atoms with van der Waals surface area (Å²) in [4.78, 5) is 28.8. The first-order valence-corrected chi connectivity index (χ1v) is 8.81. The van der Waals surface area contributed by atoms with Gasteiger partial charge in [-0.25, -0.2) is 0 Å². The molecule has 0 saturated carbocycles. The van der Waals surface area contributed by atoms with Crippen molar-refractivity contribution in [3.8, 4) is 5.75 Å². The van der Waals surface area contributed by atoms with Gasteiger partial charge in [-0.1, -0.05) is 12.1 Å². The highest BCUT2D eigenvalue weighted by Gasteiger charge is 2.14. The Balaban J connectivity index is 2.06. The van der Waals surface area contributed by atoms with E-state index in [1.165, 1.54) is 12.3 Å². The summed E-state index contributed by atoms with van der Waals surface area (Å²) in [5.41, 5.74) is 1.09. The Hall–Kier alpha value is -2.93. The molecule has 0 radical (unpaired) electrons. The fourth-order valence-electron chi connectivity index (χ4n) is 2.33. The van der Waals surface area contributed by atoms with Gasteiger partial charge in [-0.2, -0.15) is 0 Å². The van der Waals surface area contributed by atoms with E-state index in [1.54, 1.807) is 25.3 Å². The highest BCUT2D eigenvalue weighted by molar-refractivity contribution is 6.06. The maximum atomic E-state index is 12.6. The number of carbonyl (C=O) groups excluding carboxylic acids is 2. The largest absolute Gasteiger partial charge is 0.489 e. The SMILES string of the molecule is COCCCNC(=O)c1cc(C(=O)Nc2ccccc2OC(C)C)ccn1. The van der Waals surface area contributed by atoms with Crippen LogP contribution >= 0.6 is 0 Å². The van der Waals surface area contributed by atoms with E-state index in [4.69, 9.17) is 9.47 Å². The molecule has 1 aromatic carbocycles. The second kappa shape index (κ2) is 10.3. The van der Waals surface area contributed by atoms with E-state index in [9.17, 15) is 9.59 Å². The van der Waals surface area contributed by atoms with Gasteiger partial charge in [-0.15, -0.1) is 0 Å². The zero-order valence-corrected chi connectivity index (χ0v) is 15.8. The standard InChI is InChI=1S/C20H25N3O4/c1-14(2)27-18-8-5-4-7-16(18)23-19(24)15-9-11-21-17(13-15)20(25)22-10-6-12-26-3/h4-5,7-9,11,13-14H,6,10,12H2,1-3H3,(H,22,25)(H,23,24). The predicted molar refractivity (Wildman–Crippen MR) is 103 cm³/mol. The smallest absolute Gasteiger partial charge is 0.269 e. The van der Waals surface area contributed by atoms with Crippen molar-refractivity contribution in [1.82, 2.24) is 10.3 Å². The minimum absolute atomic E-state index is 0.0163. The number of nitrogens with zero attached hydrogens (tertiary/aromatic N) is 1. The van der Waals surface area contributed by atoms with Gasteiger partial charge in [0, 0.05) is 32.0 Å². The van der Waals surface area contributed by atoms with Gasteiger partial charge in [0.15, 0.2) is 0 Å². The molecule has 27 heavy (non-hydrogen) atoms. The molecule has 0 saturated heterocycles. The molecule has 1 aromatic heterocycles. The lowest BCUT2D eigenvalue weighted by Crippen LogP contribution is -2.26. The molecular weight excluding hydrogens is 346 g/mol. The fourth-order valence-corrected chi connectivity index (χ4v) is 2.33. The average molecular weight is 371 g/mol. The number of hydrogen-bond donors (Lipinski definition) is 2. The van der Waals surface area contributed by atoms with E-state index in [-0.39, 0.29) is 23.6 Å². The van der Waals surface area contributed by atoms with Crippen LogP contribution in [-0.2, 0) is 4.74 Å². The molecule has 2 N–H and O–H groups in total. The number of hydrogen-bond acceptors (Lipinski definition) is 5. The van der Waals surface area contributed by atoms with Gasteiger partial charge >= 0.3 is 0 Å². The Bertz CT molecular complexity index is 777. The highest BCUT2D eigenvalue weighted by Crippen LogP contribution is 2.25. The maximum Gasteiger partial charge on any atom is 0.269 e. The third kappa shape index (κ3) is 6.38. The molecule has 0 aliphatic heterocycles. The van der Waals surface area contributed by atoms with Crippen molar-refractivity contribution in [1.29, 1.82) is 0 Å². The lowest BCUT2D eigenvalue weighted by Gasteiger charge is -2.15. The average Bonchev–Trinajstić information content (AvgIpc) is 2.66. The Morgan fingerprint density at radius 3 is 2.67 bits per heavy atom. The lowest BCUT2D eigenvalue weighted by atomic mass is 10.2. The number of benzene rings is 1. The molecule has 1 heterocycles. The number of anilines is 1. The molecule has 0 aliphatic carbocycles. The molecule has 7 nitrogen and oxygen atoms in total. The van der Waals surface area contributed by atoms with E-state index in [0.29, 0.717) is 36.6 Å². The number of nitrogens with one attached hydrogen (secondary N) is 2. The van der Waals surface area contributed by atoms with Crippen LogP contribution < -0.4 is 15.4 Å². The Labute approximate surface area is 159 Å². The van der Waals surface area contributed by atoms with Gasteiger partial charge in [0.05, 0.1) is 11.8 Å². The first-order valence-electron chi connectivity index (χ1n) is 8.81. The Morgan fingerprint density at radius 2 is 1.93 bits per heavy atom. The van der Waals surface area contributed by atoms with Gasteiger partial charge in [0.25, 0.3) is 11.8 Å². The van der Waals surface area contributed by atoms with Crippen LogP contribution in [0.3, 0.4) is 0 Å². The number of aromatic nitrogens is 1. The summed E-state index contributed by atoms with van der Waals surface area (Å²) in [6.07, 6.45) is 2.13. The molecule has 0 fully saturated rings. The molecule has 0 bridgehead atoms. The molecule has 2 amide bonds. The van der Waals surface area contributed by atoms with Crippen molar-refractivity contribution in [2.45, 2.75) is 26.4 Å². The number of amides is 2. The maximum absolute atomic E-state index is 12.6. The first kappa shape index (κ1) is 20.4. The molecule has 0 spiro atoms. The zero-order chi connectivity index (χ0) is 19.6. The van der Waals surface area contributed by atoms with Crippen LogP contribution in [-0.4, -0.2) is 43.2 Å². The minimum Gasteiger partial charge on any atom is -0.489 e. The number of para-hydroxylation sites is 2. The summed E-state index contributed by atoms with van der Waals surface area (Å²) >= 11 is 0. The summed E-state index contributed by atoms with van der Waals surface area (Å²) in [6.45, 7) is 4.87. The first-order chi connectivity index (χ1) is 13.0.